The second-order valence-corrected chi connectivity index (χ2v) is 4.00. The molecule has 0 aliphatic heterocycles. The van der Waals surface area contributed by atoms with E-state index in [-0.39, 0.29) is 5.54 Å². The first-order valence-electron chi connectivity index (χ1n) is 4.55. The number of nitrogens with zero attached hydrogens (tertiary/aromatic N) is 1. The van der Waals surface area contributed by atoms with Crippen LogP contribution in [0.4, 0.5) is 0 Å². The smallest absolute Gasteiger partial charge is 0.0313 e. The maximum Gasteiger partial charge on any atom is 0.0313 e. The number of likely N-dealkylation sites (N-methyl/N-ethyl adjacent to an activating group) is 1. The van der Waals surface area contributed by atoms with Crippen LogP contribution in [0, 0.1) is 0 Å². The molecule has 0 spiro atoms. The number of hydrogen-bond acceptors (Lipinski definition) is 2. The molecule has 1 aliphatic rings. The molecular formula is C9H20N2. The summed E-state index contributed by atoms with van der Waals surface area (Å²) < 4.78 is 0. The lowest BCUT2D eigenvalue weighted by Gasteiger charge is -2.29. The highest BCUT2D eigenvalue weighted by molar-refractivity contribution is 5.07. The Balaban J connectivity index is 2.45. The Hall–Kier alpha value is -0.0800. The lowest BCUT2D eigenvalue weighted by molar-refractivity contribution is 0.227. The molecule has 0 aromatic carbocycles. The molecule has 1 aliphatic carbocycles. The SMILES string of the molecule is CCCC(N(C)C)C1(N)CC1. The highest BCUT2D eigenvalue weighted by Crippen LogP contribution is 2.39. The fraction of sp³-hybridized carbons (Fsp3) is 1.00. The molecule has 0 aromatic rings. The van der Waals surface area contributed by atoms with E-state index in [2.05, 4.69) is 25.9 Å². The molecule has 11 heavy (non-hydrogen) atoms. The van der Waals surface area contributed by atoms with Crippen LogP contribution in [0.15, 0.2) is 0 Å². The highest BCUT2D eigenvalue weighted by Gasteiger charge is 2.45. The predicted octanol–water partition coefficient (Wildman–Crippen LogP) is 1.21. The van der Waals surface area contributed by atoms with E-state index in [1.54, 1.807) is 0 Å². The average Bonchev–Trinajstić information content (AvgIpc) is 2.63. The molecule has 0 bridgehead atoms. The zero-order chi connectivity index (χ0) is 8.48. The van der Waals surface area contributed by atoms with Gasteiger partial charge in [-0.05, 0) is 33.4 Å². The van der Waals surface area contributed by atoms with Gasteiger partial charge in [0.1, 0.15) is 0 Å². The summed E-state index contributed by atoms with van der Waals surface area (Å²) in [6.07, 6.45) is 4.91. The molecule has 0 aromatic heterocycles. The number of rotatable bonds is 4. The van der Waals surface area contributed by atoms with Gasteiger partial charge in [0, 0.05) is 11.6 Å². The summed E-state index contributed by atoms with van der Waals surface area (Å²) in [5.41, 5.74) is 6.30. The monoisotopic (exact) mass is 156 g/mol. The zero-order valence-electron chi connectivity index (χ0n) is 7.93. The van der Waals surface area contributed by atoms with Crippen LogP contribution in [0.1, 0.15) is 32.6 Å². The minimum atomic E-state index is 0.166. The van der Waals surface area contributed by atoms with Crippen LogP contribution in [0.3, 0.4) is 0 Å². The topological polar surface area (TPSA) is 29.3 Å². The maximum atomic E-state index is 6.14. The van der Waals surface area contributed by atoms with Gasteiger partial charge in [-0.2, -0.15) is 0 Å². The van der Waals surface area contributed by atoms with Gasteiger partial charge in [0.05, 0.1) is 0 Å². The summed E-state index contributed by atoms with van der Waals surface area (Å²) >= 11 is 0. The van der Waals surface area contributed by atoms with Crippen molar-refractivity contribution in [3.8, 4) is 0 Å². The van der Waals surface area contributed by atoms with Crippen LogP contribution in [0.2, 0.25) is 0 Å². The minimum Gasteiger partial charge on any atom is -0.324 e. The molecule has 1 fully saturated rings. The van der Waals surface area contributed by atoms with E-state index in [0.717, 1.165) is 0 Å². The largest absolute Gasteiger partial charge is 0.324 e. The molecule has 0 heterocycles. The van der Waals surface area contributed by atoms with E-state index in [4.69, 9.17) is 5.73 Å². The highest BCUT2D eigenvalue weighted by atomic mass is 15.1. The summed E-state index contributed by atoms with van der Waals surface area (Å²) in [5.74, 6) is 0. The molecule has 66 valence electrons. The zero-order valence-corrected chi connectivity index (χ0v) is 7.93. The standard InChI is InChI=1S/C9H20N2/c1-4-5-8(11(2)3)9(10)6-7-9/h8H,4-7,10H2,1-3H3. The van der Waals surface area contributed by atoms with Crippen LogP contribution in [0.5, 0.6) is 0 Å². The van der Waals surface area contributed by atoms with Crippen LogP contribution in [-0.2, 0) is 0 Å². The van der Waals surface area contributed by atoms with Crippen LogP contribution in [0.25, 0.3) is 0 Å². The molecule has 1 atom stereocenters. The van der Waals surface area contributed by atoms with Gasteiger partial charge in [-0.25, -0.2) is 0 Å². The quantitative estimate of drug-likeness (QED) is 0.663. The summed E-state index contributed by atoms with van der Waals surface area (Å²) in [7, 11) is 4.26. The third kappa shape index (κ3) is 1.94. The minimum absolute atomic E-state index is 0.166. The van der Waals surface area contributed by atoms with Gasteiger partial charge >= 0.3 is 0 Å². The summed E-state index contributed by atoms with van der Waals surface area (Å²) in [6.45, 7) is 2.22. The summed E-state index contributed by atoms with van der Waals surface area (Å²) in [6, 6.07) is 0.604. The Labute approximate surface area is 69.8 Å². The van der Waals surface area contributed by atoms with E-state index < -0.39 is 0 Å². The Morgan fingerprint density at radius 2 is 2.00 bits per heavy atom. The van der Waals surface area contributed by atoms with Crippen LogP contribution >= 0.6 is 0 Å². The Morgan fingerprint density at radius 3 is 2.27 bits per heavy atom. The van der Waals surface area contributed by atoms with E-state index >= 15 is 0 Å². The summed E-state index contributed by atoms with van der Waals surface area (Å²) in [5, 5.41) is 0. The molecule has 2 nitrogen and oxygen atoms in total. The van der Waals surface area contributed by atoms with Gasteiger partial charge in [0.15, 0.2) is 0 Å². The van der Waals surface area contributed by atoms with Gasteiger partial charge < -0.3 is 10.6 Å². The molecule has 1 unspecified atom stereocenters. The second kappa shape index (κ2) is 3.11. The fourth-order valence-corrected chi connectivity index (χ4v) is 1.81. The van der Waals surface area contributed by atoms with Gasteiger partial charge in [-0.15, -0.1) is 0 Å². The normalized spacial score (nSPS) is 23.7. The number of hydrogen-bond donors (Lipinski definition) is 1. The van der Waals surface area contributed by atoms with Crippen molar-refractivity contribution in [1.82, 2.24) is 4.90 Å². The molecule has 2 heteroatoms. The Kier molecular flexibility index (Phi) is 2.55. The third-order valence-corrected chi connectivity index (χ3v) is 2.68. The van der Waals surface area contributed by atoms with Gasteiger partial charge in [-0.1, -0.05) is 13.3 Å². The lowest BCUT2D eigenvalue weighted by Crippen LogP contribution is -2.46. The first-order valence-corrected chi connectivity index (χ1v) is 4.55. The maximum absolute atomic E-state index is 6.14. The number of nitrogens with two attached hydrogens (primary N) is 1. The van der Waals surface area contributed by atoms with Crippen molar-refractivity contribution < 1.29 is 0 Å². The fourth-order valence-electron chi connectivity index (χ4n) is 1.81. The van der Waals surface area contributed by atoms with Crippen molar-refractivity contribution >= 4 is 0 Å². The van der Waals surface area contributed by atoms with Crippen molar-refractivity contribution in [2.45, 2.75) is 44.2 Å². The molecular weight excluding hydrogens is 136 g/mol. The first-order chi connectivity index (χ1) is 5.10. The van der Waals surface area contributed by atoms with E-state index in [1.807, 2.05) is 0 Å². The van der Waals surface area contributed by atoms with Gasteiger partial charge in [-0.3, -0.25) is 0 Å². The van der Waals surface area contributed by atoms with Crippen molar-refractivity contribution in [1.29, 1.82) is 0 Å². The van der Waals surface area contributed by atoms with Crippen LogP contribution in [-0.4, -0.2) is 30.6 Å². The van der Waals surface area contributed by atoms with Crippen molar-refractivity contribution in [3.63, 3.8) is 0 Å². The Morgan fingerprint density at radius 1 is 1.45 bits per heavy atom. The van der Waals surface area contributed by atoms with Gasteiger partial charge in [0.25, 0.3) is 0 Å². The Bertz CT molecular complexity index is 128. The second-order valence-electron chi connectivity index (χ2n) is 4.00. The van der Waals surface area contributed by atoms with E-state index in [1.165, 1.54) is 25.7 Å². The lowest BCUT2D eigenvalue weighted by atomic mass is 10.0. The van der Waals surface area contributed by atoms with E-state index in [9.17, 15) is 0 Å². The van der Waals surface area contributed by atoms with Crippen LogP contribution < -0.4 is 5.73 Å². The molecule has 0 amide bonds. The average molecular weight is 156 g/mol. The molecule has 1 rings (SSSR count). The molecule has 0 saturated heterocycles. The molecule has 2 N–H and O–H groups in total. The first kappa shape index (κ1) is 9.01. The summed E-state index contributed by atoms with van der Waals surface area (Å²) in [4.78, 5) is 2.27. The molecule has 0 radical (unpaired) electrons. The predicted molar refractivity (Wildman–Crippen MR) is 48.5 cm³/mol. The van der Waals surface area contributed by atoms with Crippen molar-refractivity contribution in [2.24, 2.45) is 5.73 Å². The van der Waals surface area contributed by atoms with Crippen molar-refractivity contribution in [2.75, 3.05) is 14.1 Å². The van der Waals surface area contributed by atoms with Gasteiger partial charge in [0.2, 0.25) is 0 Å². The third-order valence-electron chi connectivity index (χ3n) is 2.68. The van der Waals surface area contributed by atoms with E-state index in [0.29, 0.717) is 6.04 Å². The van der Waals surface area contributed by atoms with Crippen molar-refractivity contribution in [3.05, 3.63) is 0 Å². The molecule has 1 saturated carbocycles.